The summed E-state index contributed by atoms with van der Waals surface area (Å²) in [5.74, 6) is -0.242. The molecule has 0 heterocycles. The number of carbonyl (C=O) groups is 1. The Morgan fingerprint density at radius 2 is 0.692 bits per heavy atom. The van der Waals surface area contributed by atoms with Crippen LogP contribution in [0.25, 0.3) is 0 Å². The molecule has 0 bridgehead atoms. The lowest BCUT2D eigenvalue weighted by Crippen LogP contribution is -2.68. The van der Waals surface area contributed by atoms with Crippen molar-refractivity contribution in [3.63, 3.8) is 0 Å². The number of rotatable bonds is 32. The van der Waals surface area contributed by atoms with Gasteiger partial charge in [-0.2, -0.15) is 0 Å². The maximum absolute atomic E-state index is 12.4. The van der Waals surface area contributed by atoms with Gasteiger partial charge in [0.25, 0.3) is 0 Å². The molecule has 0 amide bonds. The Morgan fingerprint density at radius 3 is 0.962 bits per heavy atom. The minimum atomic E-state index is -1.85. The van der Waals surface area contributed by atoms with Crippen molar-refractivity contribution >= 4 is 6.29 Å². The van der Waals surface area contributed by atoms with Crippen molar-refractivity contribution in [3.05, 3.63) is 215 Å². The lowest BCUT2D eigenvalue weighted by molar-refractivity contribution is -0.107. The van der Waals surface area contributed by atoms with E-state index in [0.29, 0.717) is 12.8 Å². The van der Waals surface area contributed by atoms with Gasteiger partial charge in [0.15, 0.2) is 0 Å². The van der Waals surface area contributed by atoms with Crippen molar-refractivity contribution < 1.29 is 9.90 Å². The van der Waals surface area contributed by atoms with Gasteiger partial charge in [0.2, 0.25) is 0 Å². The molecule has 1 atom stereocenters. The quantitative estimate of drug-likeness (QED) is 0.0431. The Hall–Kier alpha value is -4.79. The van der Waals surface area contributed by atoms with Crippen LogP contribution in [0, 0.1) is 43.8 Å². The normalized spacial score (nSPS) is 13.3. The van der Waals surface area contributed by atoms with E-state index in [-0.39, 0.29) is 5.92 Å². The molecule has 2 nitrogen and oxygen atoms in total. The van der Waals surface area contributed by atoms with Crippen LogP contribution in [0.2, 0.25) is 0 Å². The van der Waals surface area contributed by atoms with Gasteiger partial charge in [0.05, 0.1) is 5.41 Å². The highest BCUT2D eigenvalue weighted by atomic mass is 16.3. The average Bonchev–Trinajstić information content (AvgIpc) is 3.20. The Bertz CT molecular complexity index is 1400. The summed E-state index contributed by atoms with van der Waals surface area (Å²) in [6.45, 7) is 73.7. The molecule has 2 heteroatoms. The highest BCUT2D eigenvalue weighted by Crippen LogP contribution is 2.76. The minimum Gasteiger partial charge on any atom is -0.380 e. The predicted octanol–water partition coefficient (Wildman–Crippen LogP) is 12.9. The molecule has 1 unspecified atom stereocenters. The third kappa shape index (κ3) is 5.92. The van der Waals surface area contributed by atoms with Crippen LogP contribution in [0.5, 0.6) is 0 Å². The van der Waals surface area contributed by atoms with Crippen molar-refractivity contribution in [2.75, 3.05) is 0 Å². The molecule has 0 aromatic heterocycles. The van der Waals surface area contributed by atoms with Gasteiger partial charge in [0.1, 0.15) is 11.9 Å². The lowest BCUT2D eigenvalue weighted by atomic mass is 9.31. The highest BCUT2D eigenvalue weighted by Gasteiger charge is 2.74. The van der Waals surface area contributed by atoms with Gasteiger partial charge in [-0.25, -0.2) is 0 Å². The van der Waals surface area contributed by atoms with Crippen LogP contribution in [0.4, 0.5) is 0 Å². The Labute approximate surface area is 318 Å². The first-order chi connectivity index (χ1) is 24.7. The first kappa shape index (κ1) is 47.2. The van der Waals surface area contributed by atoms with Gasteiger partial charge < -0.3 is 9.90 Å². The maximum atomic E-state index is 12.4. The van der Waals surface area contributed by atoms with E-state index in [1.165, 1.54) is 12.2 Å². The van der Waals surface area contributed by atoms with Crippen molar-refractivity contribution in [2.24, 2.45) is 43.8 Å². The summed E-state index contributed by atoms with van der Waals surface area (Å²) >= 11 is 0. The third-order valence-electron chi connectivity index (χ3n) is 12.4. The van der Waals surface area contributed by atoms with Crippen LogP contribution < -0.4 is 0 Å². The largest absolute Gasteiger partial charge is 0.380 e. The Morgan fingerprint density at radius 1 is 0.385 bits per heavy atom. The van der Waals surface area contributed by atoms with E-state index in [1.807, 2.05) is 30.4 Å². The SMILES string of the molecule is C=CC(CCCCCCC=O)C(C=C)(C=C)C(C=C)(C=C)C(C=C)(C=C)C(C=C)(C=C)C(C=C)(C=C)C(C=C)(C=C)C(C=C)(C=C)C(O)(C=C)C=C. The summed E-state index contributed by atoms with van der Waals surface area (Å²) in [6, 6.07) is 0. The number of aldehydes is 1. The summed E-state index contributed by atoms with van der Waals surface area (Å²) in [5, 5.41) is 12.4. The van der Waals surface area contributed by atoms with E-state index in [1.54, 1.807) is 60.8 Å². The third-order valence-corrected chi connectivity index (χ3v) is 12.4. The summed E-state index contributed by atoms with van der Waals surface area (Å²) < 4.78 is 0. The van der Waals surface area contributed by atoms with E-state index in [2.05, 4.69) is 112 Å². The molecule has 0 rings (SSSR count). The van der Waals surface area contributed by atoms with E-state index in [0.717, 1.165) is 32.0 Å². The van der Waals surface area contributed by atoms with Gasteiger partial charge in [-0.3, -0.25) is 0 Å². The smallest absolute Gasteiger partial charge is 0.119 e. The first-order valence-corrected chi connectivity index (χ1v) is 17.7. The lowest BCUT2D eigenvalue weighted by Gasteiger charge is -2.70. The van der Waals surface area contributed by atoms with Crippen LogP contribution in [0.1, 0.15) is 38.5 Å². The van der Waals surface area contributed by atoms with Crippen LogP contribution in [0.15, 0.2) is 215 Å². The van der Waals surface area contributed by atoms with Crippen molar-refractivity contribution in [1.29, 1.82) is 0 Å². The fourth-order valence-electron chi connectivity index (χ4n) is 9.57. The number of hydrogen-bond donors (Lipinski definition) is 1. The second-order valence-electron chi connectivity index (χ2n) is 13.2. The number of hydrogen-bond acceptors (Lipinski definition) is 2. The number of carbonyl (C=O) groups excluding carboxylic acids is 1. The number of allylic oxidation sites excluding steroid dienone is 13. The Kier molecular flexibility index (Phi) is 17.4. The molecule has 1 N–H and O–H groups in total. The van der Waals surface area contributed by atoms with E-state index in [9.17, 15) is 9.90 Å². The predicted molar refractivity (Wildman–Crippen MR) is 233 cm³/mol. The summed E-state index contributed by atoms with van der Waals surface area (Å²) in [4.78, 5) is 10.9. The molecular formula is C50H66O2. The van der Waals surface area contributed by atoms with Gasteiger partial charge in [-0.15, -0.1) is 98.7 Å². The molecule has 0 fully saturated rings. The average molecular weight is 699 g/mol. The van der Waals surface area contributed by atoms with E-state index >= 15 is 0 Å². The summed E-state index contributed by atoms with van der Waals surface area (Å²) in [6.07, 6.45) is 34.9. The van der Waals surface area contributed by atoms with E-state index in [4.69, 9.17) is 0 Å². The van der Waals surface area contributed by atoms with Crippen molar-refractivity contribution in [3.8, 4) is 0 Å². The minimum absolute atomic E-state index is 0.242. The van der Waals surface area contributed by atoms with Crippen LogP contribution in [0.3, 0.4) is 0 Å². The zero-order chi connectivity index (χ0) is 40.5. The summed E-state index contributed by atoms with van der Waals surface area (Å²) in [7, 11) is 0. The highest BCUT2D eigenvalue weighted by molar-refractivity contribution is 5.53. The molecule has 0 saturated heterocycles. The molecule has 52 heavy (non-hydrogen) atoms. The first-order valence-electron chi connectivity index (χ1n) is 17.7. The van der Waals surface area contributed by atoms with Crippen molar-refractivity contribution in [1.82, 2.24) is 0 Å². The van der Waals surface area contributed by atoms with Gasteiger partial charge in [-0.1, -0.05) is 136 Å². The molecule has 0 radical (unpaired) electrons. The van der Waals surface area contributed by atoms with Crippen LogP contribution in [-0.2, 0) is 4.79 Å². The summed E-state index contributed by atoms with van der Waals surface area (Å²) in [5.41, 5.74) is -11.4. The molecule has 0 aliphatic carbocycles. The fraction of sp³-hybridized carbons (Fsp3) is 0.300. The Balaban J connectivity index is 9.22. The molecule has 0 aliphatic rings. The fourth-order valence-corrected chi connectivity index (χ4v) is 9.57. The van der Waals surface area contributed by atoms with Crippen LogP contribution >= 0.6 is 0 Å². The zero-order valence-electron chi connectivity index (χ0n) is 32.1. The molecule has 0 spiro atoms. The van der Waals surface area contributed by atoms with Gasteiger partial charge in [-0.05, 0) is 18.8 Å². The molecule has 0 aromatic carbocycles. The molecular weight excluding hydrogens is 633 g/mol. The standard InChI is InChI=1S/C50H66O2/c1-18-42(40-38-36-35-37-39-41-51)43(19-2,20-3)44(21-4,22-5)45(23-6,24-7)46(25-8,26-9)47(27-10,28-11)48(29-12,30-13)49(31-14,32-15)50(52,33-16)34-17/h18-34,41-42,52H,1-17,35-40H2. The molecule has 278 valence electrons. The molecule has 0 aliphatic heterocycles. The second-order valence-corrected chi connectivity index (χ2v) is 13.2. The molecule has 0 aromatic rings. The topological polar surface area (TPSA) is 37.3 Å². The maximum Gasteiger partial charge on any atom is 0.119 e. The van der Waals surface area contributed by atoms with Gasteiger partial charge in [0, 0.05) is 38.9 Å². The number of unbranched alkanes of at least 4 members (excludes halogenated alkanes) is 4. The van der Waals surface area contributed by atoms with Crippen LogP contribution in [-0.4, -0.2) is 17.0 Å². The van der Waals surface area contributed by atoms with Gasteiger partial charge >= 0.3 is 0 Å². The number of aliphatic hydroxyl groups is 1. The van der Waals surface area contributed by atoms with E-state index < -0.39 is 43.5 Å². The van der Waals surface area contributed by atoms with Crippen molar-refractivity contribution in [2.45, 2.75) is 44.1 Å². The molecule has 0 saturated carbocycles. The monoisotopic (exact) mass is 699 g/mol. The zero-order valence-corrected chi connectivity index (χ0v) is 32.1. The second kappa shape index (κ2) is 19.2.